The average molecular weight is 278 g/mol. The van der Waals surface area contributed by atoms with Crippen molar-refractivity contribution in [1.29, 1.82) is 0 Å². The predicted octanol–water partition coefficient (Wildman–Crippen LogP) is 1.21. The van der Waals surface area contributed by atoms with Gasteiger partial charge in [0.1, 0.15) is 6.67 Å². The van der Waals surface area contributed by atoms with Crippen LogP contribution in [0.5, 0.6) is 0 Å². The van der Waals surface area contributed by atoms with Crippen molar-refractivity contribution in [2.24, 2.45) is 0 Å². The lowest BCUT2D eigenvalue weighted by Crippen LogP contribution is -2.25. The van der Waals surface area contributed by atoms with Crippen LogP contribution in [0, 0.1) is 0 Å². The normalized spacial score (nSPS) is 9.88. The van der Waals surface area contributed by atoms with Gasteiger partial charge in [0.25, 0.3) is 0 Å². The van der Waals surface area contributed by atoms with Crippen LogP contribution in [-0.2, 0) is 14.4 Å². The highest BCUT2D eigenvalue weighted by Gasteiger charge is 2.32. The molecular formula is C6H12F6O5. The Morgan fingerprint density at radius 3 is 1.65 bits per heavy atom. The van der Waals surface area contributed by atoms with Gasteiger partial charge in [0.15, 0.2) is 20.5 Å². The number of rotatable bonds is 6. The smallest absolute Gasteiger partial charge is 0.394 e. The third kappa shape index (κ3) is 31.3. The van der Waals surface area contributed by atoms with Gasteiger partial charge in [0.05, 0.1) is 6.61 Å². The summed E-state index contributed by atoms with van der Waals surface area (Å²) >= 11 is 0. The molecule has 17 heavy (non-hydrogen) atoms. The highest BCUT2D eigenvalue weighted by molar-refractivity contribution is 4.25. The van der Waals surface area contributed by atoms with Crippen molar-refractivity contribution in [3.05, 3.63) is 0 Å². The fourth-order valence-corrected chi connectivity index (χ4v) is 0.196. The van der Waals surface area contributed by atoms with Crippen LogP contribution in [0.4, 0.5) is 26.5 Å². The molecule has 0 spiro atoms. The number of alkyl halides is 5. The van der Waals surface area contributed by atoms with Gasteiger partial charge in [-0.25, -0.2) is 13.2 Å². The van der Waals surface area contributed by atoms with Gasteiger partial charge in [-0.05, 0) is 4.53 Å². The molecule has 0 saturated carbocycles. The largest absolute Gasteiger partial charge is 0.489 e. The molecule has 0 aliphatic carbocycles. The van der Waals surface area contributed by atoms with Crippen molar-refractivity contribution in [2.45, 2.75) is 6.29 Å². The van der Waals surface area contributed by atoms with Crippen molar-refractivity contribution in [3.8, 4) is 0 Å². The SMILES string of the molecule is FCOC(F)(F)OCOF.OCCF.OCF. The van der Waals surface area contributed by atoms with E-state index >= 15 is 0 Å². The van der Waals surface area contributed by atoms with Crippen LogP contribution in [0.15, 0.2) is 0 Å². The lowest BCUT2D eigenvalue weighted by atomic mass is 10.9. The first-order chi connectivity index (χ1) is 7.95. The van der Waals surface area contributed by atoms with Gasteiger partial charge >= 0.3 is 6.29 Å². The van der Waals surface area contributed by atoms with E-state index in [0.29, 0.717) is 0 Å². The first-order valence-corrected chi connectivity index (χ1v) is 3.74. The van der Waals surface area contributed by atoms with E-state index in [4.69, 9.17) is 10.2 Å². The number of hydrogen-bond acceptors (Lipinski definition) is 5. The summed E-state index contributed by atoms with van der Waals surface area (Å²) in [5, 5.41) is 14.4. The minimum Gasteiger partial charge on any atom is -0.394 e. The Balaban J connectivity index is -0.000000232. The molecule has 0 aliphatic heterocycles. The first kappa shape index (κ1) is 21.6. The maximum absolute atomic E-state index is 11.7. The van der Waals surface area contributed by atoms with E-state index in [1.165, 1.54) is 0 Å². The molecule has 0 aromatic heterocycles. The summed E-state index contributed by atoms with van der Waals surface area (Å²) < 4.78 is 71.6. The van der Waals surface area contributed by atoms with Crippen LogP contribution in [0.3, 0.4) is 0 Å². The Kier molecular flexibility index (Phi) is 22.6. The maximum Gasteiger partial charge on any atom is 0.489 e. The van der Waals surface area contributed by atoms with Crippen LogP contribution in [-0.4, -0.2) is 50.3 Å². The number of ether oxygens (including phenoxy) is 2. The molecule has 5 nitrogen and oxygen atoms in total. The molecule has 0 fully saturated rings. The van der Waals surface area contributed by atoms with E-state index in [2.05, 4.69) is 14.4 Å². The zero-order valence-corrected chi connectivity index (χ0v) is 8.42. The molecule has 0 radical (unpaired) electrons. The molecule has 0 aromatic rings. The molecule has 11 heteroatoms. The van der Waals surface area contributed by atoms with E-state index in [1.54, 1.807) is 0 Å². The zero-order chi connectivity index (χ0) is 14.2. The van der Waals surface area contributed by atoms with Gasteiger partial charge in [0, 0.05) is 0 Å². The van der Waals surface area contributed by atoms with Crippen molar-refractivity contribution in [2.75, 3.05) is 33.8 Å². The highest BCUT2D eigenvalue weighted by atomic mass is 19.3. The highest BCUT2D eigenvalue weighted by Crippen LogP contribution is 2.16. The summed E-state index contributed by atoms with van der Waals surface area (Å²) in [6.45, 7) is -5.26. The van der Waals surface area contributed by atoms with Crippen LogP contribution in [0.2, 0.25) is 0 Å². The third-order valence-electron chi connectivity index (χ3n) is 0.579. The molecule has 0 atom stereocenters. The molecule has 0 bridgehead atoms. The fourth-order valence-electron chi connectivity index (χ4n) is 0.196. The number of aliphatic hydroxyl groups is 2. The number of halogens is 6. The second-order valence-electron chi connectivity index (χ2n) is 1.62. The Hall–Kier alpha value is -0.620. The predicted molar refractivity (Wildman–Crippen MR) is 41.4 cm³/mol. The van der Waals surface area contributed by atoms with Gasteiger partial charge in [-0.15, -0.1) is 8.78 Å². The van der Waals surface area contributed by atoms with Gasteiger partial charge in [0.2, 0.25) is 0 Å². The molecule has 0 heterocycles. The van der Waals surface area contributed by atoms with E-state index in [9.17, 15) is 26.5 Å². The second-order valence-corrected chi connectivity index (χ2v) is 1.62. The zero-order valence-electron chi connectivity index (χ0n) is 8.42. The maximum atomic E-state index is 11.7. The Morgan fingerprint density at radius 2 is 1.41 bits per heavy atom. The monoisotopic (exact) mass is 278 g/mol. The van der Waals surface area contributed by atoms with Gasteiger partial charge in [-0.1, -0.05) is 0 Å². The summed E-state index contributed by atoms with van der Waals surface area (Å²) in [5.41, 5.74) is 0. The van der Waals surface area contributed by atoms with E-state index in [0.717, 1.165) is 0 Å². The molecule has 0 aromatic carbocycles. The molecule has 0 unspecified atom stereocenters. The third-order valence-corrected chi connectivity index (χ3v) is 0.579. The van der Waals surface area contributed by atoms with Gasteiger partial charge in [-0.2, -0.15) is 4.94 Å². The minimum absolute atomic E-state index is 0.347. The van der Waals surface area contributed by atoms with Crippen molar-refractivity contribution in [3.63, 3.8) is 0 Å². The summed E-state index contributed by atoms with van der Waals surface area (Å²) in [6.07, 6.45) is -4.14. The molecule has 2 N–H and O–H groups in total. The molecule has 0 saturated heterocycles. The van der Waals surface area contributed by atoms with E-state index in [1.807, 2.05) is 0 Å². The summed E-state index contributed by atoms with van der Waals surface area (Å²) in [5.74, 6) is 0. The van der Waals surface area contributed by atoms with Crippen LogP contribution in [0.1, 0.15) is 0 Å². The van der Waals surface area contributed by atoms with Crippen molar-refractivity contribution >= 4 is 0 Å². The van der Waals surface area contributed by atoms with Crippen LogP contribution in [0.25, 0.3) is 0 Å². The van der Waals surface area contributed by atoms with E-state index in [-0.39, 0.29) is 6.61 Å². The summed E-state index contributed by atoms with van der Waals surface area (Å²) in [6, 6.07) is 0. The second kappa shape index (κ2) is 17.8. The molecule has 0 rings (SSSR count). The quantitative estimate of drug-likeness (QED) is 0.564. The summed E-state index contributed by atoms with van der Waals surface area (Å²) in [4.78, 5) is 2.62. The van der Waals surface area contributed by atoms with Crippen LogP contribution < -0.4 is 0 Å². The minimum atomic E-state index is -4.14. The average Bonchev–Trinajstić information content (AvgIpc) is 2.28. The lowest BCUT2D eigenvalue weighted by Gasteiger charge is -2.11. The van der Waals surface area contributed by atoms with Crippen LogP contribution >= 0.6 is 0 Å². The number of aliphatic hydroxyl groups excluding tert-OH is 2. The van der Waals surface area contributed by atoms with Crippen molar-refractivity contribution in [1.82, 2.24) is 0 Å². The van der Waals surface area contributed by atoms with Gasteiger partial charge < -0.3 is 10.2 Å². The molecular weight excluding hydrogens is 266 g/mol. The Morgan fingerprint density at radius 1 is 1.00 bits per heavy atom. The van der Waals surface area contributed by atoms with Gasteiger partial charge in [-0.3, -0.25) is 9.47 Å². The molecule has 0 aliphatic rings. The fraction of sp³-hybridized carbons (Fsp3) is 1.00. The lowest BCUT2D eigenvalue weighted by molar-refractivity contribution is -0.431. The van der Waals surface area contributed by atoms with E-state index < -0.39 is 33.5 Å². The Labute approximate surface area is 92.4 Å². The Bertz CT molecular complexity index is 127. The van der Waals surface area contributed by atoms with Crippen molar-refractivity contribution < 1.29 is 51.1 Å². The first-order valence-electron chi connectivity index (χ1n) is 3.74. The molecule has 0 amide bonds. The standard InChI is InChI=1S/C3H4F4O3.C2H5FO.CH3FO/c4-1-8-3(5,6)9-2-10-7;3-1-2-4;2-1-3/h1-2H2;4H,1-2H2;3H,1H2. The molecule has 108 valence electrons. The summed E-state index contributed by atoms with van der Waals surface area (Å²) in [7, 11) is 0. The topological polar surface area (TPSA) is 68.2 Å². The number of hydrogen-bond donors (Lipinski definition) is 2.